The van der Waals surface area contributed by atoms with Crippen LogP contribution in [0.25, 0.3) is 11.1 Å². The SMILES string of the molecule is CC(=O)N1CCc2c(c(Nc3ccc(-c4ccc(=O)[nH]c4)cc3)nn2C)C1. The molecule has 0 fully saturated rings. The van der Waals surface area contributed by atoms with Gasteiger partial charge < -0.3 is 15.2 Å². The second-order valence-electron chi connectivity index (χ2n) is 6.73. The van der Waals surface area contributed by atoms with Gasteiger partial charge in [-0.2, -0.15) is 5.10 Å². The van der Waals surface area contributed by atoms with Gasteiger partial charge in [0.25, 0.3) is 0 Å². The molecule has 0 atom stereocenters. The van der Waals surface area contributed by atoms with Gasteiger partial charge in [0.1, 0.15) is 0 Å². The van der Waals surface area contributed by atoms with E-state index in [0.717, 1.165) is 41.2 Å². The monoisotopic (exact) mass is 363 g/mol. The standard InChI is InChI=1S/C20H21N5O2/c1-13(26)25-10-9-18-17(12-25)20(23-24(18)2)22-16-6-3-14(4-7-16)15-5-8-19(27)21-11-15/h3-8,11H,9-10,12H2,1-2H3,(H,21,27)(H,22,23). The minimum atomic E-state index is -0.114. The number of hydrogen-bond donors (Lipinski definition) is 2. The minimum Gasteiger partial charge on any atom is -0.338 e. The predicted molar refractivity (Wildman–Crippen MR) is 104 cm³/mol. The van der Waals surface area contributed by atoms with Gasteiger partial charge in [0.2, 0.25) is 11.5 Å². The zero-order chi connectivity index (χ0) is 19.0. The lowest BCUT2D eigenvalue weighted by Crippen LogP contribution is -2.34. The molecular formula is C20H21N5O2. The van der Waals surface area contributed by atoms with Crippen LogP contribution < -0.4 is 10.9 Å². The van der Waals surface area contributed by atoms with E-state index in [2.05, 4.69) is 15.4 Å². The molecule has 138 valence electrons. The average molecular weight is 363 g/mol. The van der Waals surface area contributed by atoms with Crippen LogP contribution in [0.15, 0.2) is 47.4 Å². The van der Waals surface area contributed by atoms with Crippen molar-refractivity contribution in [2.24, 2.45) is 7.05 Å². The lowest BCUT2D eigenvalue weighted by Gasteiger charge is -2.26. The Bertz CT molecular complexity index is 1030. The van der Waals surface area contributed by atoms with E-state index in [-0.39, 0.29) is 11.5 Å². The zero-order valence-electron chi connectivity index (χ0n) is 15.3. The number of aryl methyl sites for hydroxylation is 1. The molecular weight excluding hydrogens is 342 g/mol. The minimum absolute atomic E-state index is 0.0840. The first-order valence-electron chi connectivity index (χ1n) is 8.88. The fourth-order valence-corrected chi connectivity index (χ4v) is 3.43. The maximum Gasteiger partial charge on any atom is 0.247 e. The Kier molecular flexibility index (Phi) is 4.27. The summed E-state index contributed by atoms with van der Waals surface area (Å²) in [5.74, 6) is 0.871. The van der Waals surface area contributed by atoms with Crippen molar-refractivity contribution in [2.75, 3.05) is 11.9 Å². The summed E-state index contributed by atoms with van der Waals surface area (Å²) < 4.78 is 1.89. The highest BCUT2D eigenvalue weighted by atomic mass is 16.2. The van der Waals surface area contributed by atoms with Gasteiger partial charge in [0.15, 0.2) is 5.82 Å². The maximum atomic E-state index is 11.7. The van der Waals surface area contributed by atoms with Gasteiger partial charge in [-0.25, -0.2) is 0 Å². The lowest BCUT2D eigenvalue weighted by molar-refractivity contribution is -0.129. The van der Waals surface area contributed by atoms with E-state index in [1.165, 1.54) is 11.8 Å². The number of nitrogens with one attached hydrogen (secondary N) is 2. The molecule has 4 rings (SSSR count). The molecule has 2 N–H and O–H groups in total. The summed E-state index contributed by atoms with van der Waals surface area (Å²) in [6.45, 7) is 2.91. The molecule has 0 aliphatic carbocycles. The van der Waals surface area contributed by atoms with Crippen LogP contribution in [-0.2, 0) is 24.8 Å². The topological polar surface area (TPSA) is 83.0 Å². The molecule has 0 radical (unpaired) electrons. The van der Waals surface area contributed by atoms with E-state index >= 15 is 0 Å². The number of benzene rings is 1. The lowest BCUT2D eigenvalue weighted by atomic mass is 10.1. The molecule has 1 aliphatic heterocycles. The smallest absolute Gasteiger partial charge is 0.247 e. The third kappa shape index (κ3) is 3.36. The largest absolute Gasteiger partial charge is 0.338 e. The van der Waals surface area contributed by atoms with Crippen molar-refractivity contribution in [3.05, 3.63) is 64.2 Å². The Balaban J connectivity index is 1.57. The zero-order valence-corrected chi connectivity index (χ0v) is 15.3. The van der Waals surface area contributed by atoms with E-state index in [1.807, 2.05) is 40.9 Å². The number of anilines is 2. The van der Waals surface area contributed by atoms with Gasteiger partial charge in [0.05, 0.1) is 6.54 Å². The summed E-state index contributed by atoms with van der Waals surface area (Å²) in [5, 5.41) is 7.97. The number of aromatic amines is 1. The van der Waals surface area contributed by atoms with Crippen LogP contribution in [0, 0.1) is 0 Å². The van der Waals surface area contributed by atoms with Crippen molar-refractivity contribution in [1.29, 1.82) is 0 Å². The molecule has 1 aromatic carbocycles. The van der Waals surface area contributed by atoms with Crippen LogP contribution in [0.3, 0.4) is 0 Å². The van der Waals surface area contributed by atoms with Crippen molar-refractivity contribution in [3.63, 3.8) is 0 Å². The Labute approximate surface area is 156 Å². The molecule has 27 heavy (non-hydrogen) atoms. The van der Waals surface area contributed by atoms with Crippen LogP contribution in [0.4, 0.5) is 11.5 Å². The van der Waals surface area contributed by atoms with Gasteiger partial charge in [-0.05, 0) is 29.3 Å². The number of amides is 1. The second-order valence-corrected chi connectivity index (χ2v) is 6.73. The van der Waals surface area contributed by atoms with E-state index in [9.17, 15) is 9.59 Å². The predicted octanol–water partition coefficient (Wildman–Crippen LogP) is 2.42. The normalized spacial score (nSPS) is 13.3. The molecule has 2 aromatic heterocycles. The van der Waals surface area contributed by atoms with Gasteiger partial charge in [0, 0.05) is 56.1 Å². The first-order valence-corrected chi connectivity index (χ1v) is 8.88. The maximum absolute atomic E-state index is 11.7. The third-order valence-corrected chi connectivity index (χ3v) is 4.95. The molecule has 1 amide bonds. The van der Waals surface area contributed by atoms with E-state index in [4.69, 9.17) is 0 Å². The number of H-pyrrole nitrogens is 1. The number of pyridine rings is 1. The van der Waals surface area contributed by atoms with Crippen LogP contribution in [0.2, 0.25) is 0 Å². The fourth-order valence-electron chi connectivity index (χ4n) is 3.43. The van der Waals surface area contributed by atoms with E-state index in [1.54, 1.807) is 19.2 Å². The first-order chi connectivity index (χ1) is 13.0. The van der Waals surface area contributed by atoms with Gasteiger partial charge in [-0.1, -0.05) is 12.1 Å². The number of carbonyl (C=O) groups is 1. The molecule has 0 bridgehead atoms. The summed E-state index contributed by atoms with van der Waals surface area (Å²) in [4.78, 5) is 27.5. The number of hydrogen-bond acceptors (Lipinski definition) is 4. The number of nitrogens with zero attached hydrogens (tertiary/aromatic N) is 3. The highest BCUT2D eigenvalue weighted by molar-refractivity contribution is 5.74. The molecule has 7 nitrogen and oxygen atoms in total. The summed E-state index contributed by atoms with van der Waals surface area (Å²) in [7, 11) is 1.94. The summed E-state index contributed by atoms with van der Waals surface area (Å²) in [6, 6.07) is 11.3. The average Bonchev–Trinajstić information content (AvgIpc) is 2.98. The highest BCUT2D eigenvalue weighted by Crippen LogP contribution is 2.29. The second kappa shape index (κ2) is 6.75. The first kappa shape index (κ1) is 17.1. The van der Waals surface area contributed by atoms with Gasteiger partial charge in [-0.15, -0.1) is 0 Å². The van der Waals surface area contributed by atoms with E-state index in [0.29, 0.717) is 6.54 Å². The van der Waals surface area contributed by atoms with Gasteiger partial charge >= 0.3 is 0 Å². The van der Waals surface area contributed by atoms with Gasteiger partial charge in [-0.3, -0.25) is 14.3 Å². The van der Waals surface area contributed by atoms with Crippen molar-refractivity contribution in [1.82, 2.24) is 19.7 Å². The molecule has 1 aliphatic rings. The van der Waals surface area contributed by atoms with Crippen LogP contribution in [-0.4, -0.2) is 32.1 Å². The number of fused-ring (bicyclic) bond motifs is 1. The Hall–Kier alpha value is -3.35. The molecule has 3 heterocycles. The third-order valence-electron chi connectivity index (χ3n) is 4.95. The molecule has 7 heteroatoms. The number of carbonyl (C=O) groups excluding carboxylic acids is 1. The Morgan fingerprint density at radius 2 is 1.89 bits per heavy atom. The quantitative estimate of drug-likeness (QED) is 0.749. The molecule has 0 unspecified atom stereocenters. The van der Waals surface area contributed by atoms with Crippen LogP contribution in [0.1, 0.15) is 18.2 Å². The summed E-state index contributed by atoms with van der Waals surface area (Å²) >= 11 is 0. The number of rotatable bonds is 3. The van der Waals surface area contributed by atoms with Crippen molar-refractivity contribution in [2.45, 2.75) is 19.9 Å². The summed E-state index contributed by atoms with van der Waals surface area (Å²) in [5.41, 5.74) is 5.01. The molecule has 0 saturated heterocycles. The molecule has 0 spiro atoms. The van der Waals surface area contributed by atoms with Crippen molar-refractivity contribution in [3.8, 4) is 11.1 Å². The summed E-state index contributed by atoms with van der Waals surface area (Å²) in [6.07, 6.45) is 2.52. The van der Waals surface area contributed by atoms with Crippen molar-refractivity contribution < 1.29 is 4.79 Å². The Morgan fingerprint density at radius 1 is 1.15 bits per heavy atom. The van der Waals surface area contributed by atoms with E-state index < -0.39 is 0 Å². The van der Waals surface area contributed by atoms with Crippen LogP contribution in [0.5, 0.6) is 0 Å². The highest BCUT2D eigenvalue weighted by Gasteiger charge is 2.25. The van der Waals surface area contributed by atoms with Crippen molar-refractivity contribution >= 4 is 17.4 Å². The molecule has 3 aromatic rings. The van der Waals surface area contributed by atoms with Crippen LogP contribution >= 0.6 is 0 Å². The fraction of sp³-hybridized carbons (Fsp3) is 0.250. The number of aromatic nitrogens is 3. The Morgan fingerprint density at radius 3 is 2.56 bits per heavy atom. The molecule has 0 saturated carbocycles.